The molecule has 5 nitrogen and oxygen atoms in total. The van der Waals surface area contributed by atoms with E-state index in [0.717, 1.165) is 11.3 Å². The number of aromatic nitrogens is 1. The molecule has 1 fully saturated rings. The van der Waals surface area contributed by atoms with Gasteiger partial charge >= 0.3 is 0 Å². The van der Waals surface area contributed by atoms with Crippen molar-refractivity contribution >= 4 is 11.8 Å². The highest BCUT2D eigenvalue weighted by Gasteiger charge is 2.33. The van der Waals surface area contributed by atoms with Crippen LogP contribution in [0, 0.1) is 0 Å². The number of hydrogen-bond acceptors (Lipinski definition) is 2. The highest BCUT2D eigenvalue weighted by molar-refractivity contribution is 5.98. The van der Waals surface area contributed by atoms with Gasteiger partial charge in [0.15, 0.2) is 0 Å². The highest BCUT2D eigenvalue weighted by Crippen LogP contribution is 2.17. The highest BCUT2D eigenvalue weighted by atomic mass is 16.2. The number of nitrogens with one attached hydrogen (secondary N) is 1. The molecule has 0 spiro atoms. The van der Waals surface area contributed by atoms with Gasteiger partial charge in [0.2, 0.25) is 5.91 Å². The summed E-state index contributed by atoms with van der Waals surface area (Å²) in [5.74, 6) is -0.202. The van der Waals surface area contributed by atoms with Crippen LogP contribution in [0.2, 0.25) is 0 Å². The van der Waals surface area contributed by atoms with Crippen molar-refractivity contribution in [1.82, 2.24) is 14.8 Å². The summed E-state index contributed by atoms with van der Waals surface area (Å²) in [5, 5.41) is 2.88. The Morgan fingerprint density at radius 2 is 1.67 bits per heavy atom. The van der Waals surface area contributed by atoms with E-state index in [1.165, 1.54) is 0 Å². The number of carbonyl (C=O) groups is 2. The monoisotopic (exact) mass is 359 g/mol. The van der Waals surface area contributed by atoms with Gasteiger partial charge in [-0.3, -0.25) is 9.59 Å². The van der Waals surface area contributed by atoms with Crippen LogP contribution < -0.4 is 5.32 Å². The quantitative estimate of drug-likeness (QED) is 0.779. The zero-order chi connectivity index (χ0) is 18.6. The van der Waals surface area contributed by atoms with Gasteiger partial charge in [0.05, 0.1) is 0 Å². The number of rotatable bonds is 4. The van der Waals surface area contributed by atoms with Gasteiger partial charge in [0.1, 0.15) is 6.04 Å². The Bertz CT molecular complexity index is 918. The van der Waals surface area contributed by atoms with Crippen molar-refractivity contribution in [2.45, 2.75) is 12.5 Å². The first-order valence-electron chi connectivity index (χ1n) is 9.08. The number of piperazine rings is 1. The number of carbonyl (C=O) groups excluding carboxylic acids is 2. The average molecular weight is 359 g/mol. The lowest BCUT2D eigenvalue weighted by atomic mass is 10.0. The maximum Gasteiger partial charge on any atom is 0.254 e. The normalized spacial score (nSPS) is 16.8. The fourth-order valence-electron chi connectivity index (χ4n) is 3.45. The van der Waals surface area contributed by atoms with Gasteiger partial charge in [-0.25, -0.2) is 0 Å². The molecular weight excluding hydrogens is 338 g/mol. The molecule has 0 aliphatic carbocycles. The van der Waals surface area contributed by atoms with Crippen LogP contribution in [0.3, 0.4) is 0 Å². The molecule has 1 saturated heterocycles. The van der Waals surface area contributed by atoms with Crippen molar-refractivity contribution < 1.29 is 9.59 Å². The summed E-state index contributed by atoms with van der Waals surface area (Å²) < 4.78 is 1.99. The van der Waals surface area contributed by atoms with Gasteiger partial charge in [-0.1, -0.05) is 30.3 Å². The molecule has 1 aromatic heterocycles. The second kappa shape index (κ2) is 7.50. The van der Waals surface area contributed by atoms with Gasteiger partial charge < -0.3 is 14.8 Å². The van der Waals surface area contributed by atoms with Crippen molar-refractivity contribution in [3.8, 4) is 5.69 Å². The topological polar surface area (TPSA) is 54.3 Å². The van der Waals surface area contributed by atoms with Crippen molar-refractivity contribution in [3.63, 3.8) is 0 Å². The van der Waals surface area contributed by atoms with E-state index in [2.05, 4.69) is 5.32 Å². The Morgan fingerprint density at radius 3 is 2.37 bits per heavy atom. The van der Waals surface area contributed by atoms with E-state index in [0.29, 0.717) is 25.1 Å². The van der Waals surface area contributed by atoms with Crippen molar-refractivity contribution in [2.24, 2.45) is 0 Å². The third kappa shape index (κ3) is 3.62. The molecule has 2 aromatic carbocycles. The van der Waals surface area contributed by atoms with Crippen LogP contribution in [0.1, 0.15) is 15.9 Å². The summed E-state index contributed by atoms with van der Waals surface area (Å²) in [5.41, 5.74) is 2.63. The summed E-state index contributed by atoms with van der Waals surface area (Å²) in [4.78, 5) is 27.2. The zero-order valence-electron chi connectivity index (χ0n) is 14.9. The van der Waals surface area contributed by atoms with Crippen molar-refractivity contribution in [1.29, 1.82) is 0 Å². The molecule has 0 unspecified atom stereocenters. The van der Waals surface area contributed by atoms with E-state index < -0.39 is 6.04 Å². The molecule has 0 bridgehead atoms. The van der Waals surface area contributed by atoms with E-state index in [1.807, 2.05) is 83.7 Å². The molecule has 1 aliphatic heterocycles. The first-order valence-corrected chi connectivity index (χ1v) is 9.08. The largest absolute Gasteiger partial charge is 0.353 e. The third-order valence-corrected chi connectivity index (χ3v) is 4.88. The molecular formula is C22H21N3O2. The Labute approximate surface area is 158 Å². The van der Waals surface area contributed by atoms with Gasteiger partial charge in [0, 0.05) is 43.2 Å². The van der Waals surface area contributed by atoms with Gasteiger partial charge in [-0.05, 0) is 42.0 Å². The van der Waals surface area contributed by atoms with Crippen LogP contribution in [0.15, 0.2) is 79.1 Å². The fraction of sp³-hybridized carbons (Fsp3) is 0.182. The summed E-state index contributed by atoms with van der Waals surface area (Å²) in [6, 6.07) is 20.7. The lowest BCUT2D eigenvalue weighted by Crippen LogP contribution is -2.58. The van der Waals surface area contributed by atoms with Crippen LogP contribution in [-0.2, 0) is 11.2 Å². The molecule has 2 amide bonds. The Hall–Kier alpha value is -3.34. The number of hydrogen-bond donors (Lipinski definition) is 1. The third-order valence-electron chi connectivity index (χ3n) is 4.88. The van der Waals surface area contributed by atoms with Crippen LogP contribution in [0.5, 0.6) is 0 Å². The SMILES string of the molecule is O=C1NCCN(C(=O)c2ccc(-n3cccc3)cc2)[C@H]1Cc1ccccc1. The molecule has 27 heavy (non-hydrogen) atoms. The molecule has 0 saturated carbocycles. The minimum Gasteiger partial charge on any atom is -0.353 e. The average Bonchev–Trinajstić information content (AvgIpc) is 3.25. The van der Waals surface area contributed by atoms with Crippen LogP contribution in [0.4, 0.5) is 0 Å². The molecule has 1 aliphatic rings. The van der Waals surface area contributed by atoms with Crippen LogP contribution in [-0.4, -0.2) is 40.4 Å². The summed E-state index contributed by atoms with van der Waals surface area (Å²) in [6.45, 7) is 0.999. The first-order chi connectivity index (χ1) is 13.2. The molecule has 5 heteroatoms. The zero-order valence-corrected chi connectivity index (χ0v) is 14.9. The fourth-order valence-corrected chi connectivity index (χ4v) is 3.45. The molecule has 2 heterocycles. The van der Waals surface area contributed by atoms with E-state index in [1.54, 1.807) is 4.90 Å². The van der Waals surface area contributed by atoms with Gasteiger partial charge in [-0.15, -0.1) is 0 Å². The van der Waals surface area contributed by atoms with E-state index in [-0.39, 0.29) is 11.8 Å². The van der Waals surface area contributed by atoms with Gasteiger partial charge in [0.25, 0.3) is 5.91 Å². The second-order valence-corrected chi connectivity index (χ2v) is 6.63. The van der Waals surface area contributed by atoms with Gasteiger partial charge in [-0.2, -0.15) is 0 Å². The molecule has 136 valence electrons. The number of nitrogens with zero attached hydrogens (tertiary/aromatic N) is 2. The lowest BCUT2D eigenvalue weighted by molar-refractivity contribution is -0.127. The predicted molar refractivity (Wildman–Crippen MR) is 104 cm³/mol. The predicted octanol–water partition coefficient (Wildman–Crippen LogP) is 2.66. The van der Waals surface area contributed by atoms with E-state index in [9.17, 15) is 9.59 Å². The minimum atomic E-state index is -0.488. The summed E-state index contributed by atoms with van der Waals surface area (Å²) in [6.07, 6.45) is 4.43. The maximum absolute atomic E-state index is 13.1. The van der Waals surface area contributed by atoms with Crippen molar-refractivity contribution in [2.75, 3.05) is 13.1 Å². The molecule has 3 aromatic rings. The van der Waals surface area contributed by atoms with E-state index in [4.69, 9.17) is 0 Å². The maximum atomic E-state index is 13.1. The van der Waals surface area contributed by atoms with Crippen molar-refractivity contribution in [3.05, 3.63) is 90.3 Å². The number of benzene rings is 2. The Balaban J connectivity index is 1.55. The standard InChI is InChI=1S/C22H21N3O2/c26-21-20(16-17-6-2-1-3-7-17)25(15-12-23-21)22(27)18-8-10-19(11-9-18)24-13-4-5-14-24/h1-11,13-14,20H,12,15-16H2,(H,23,26)/t20-/m0/s1. The molecule has 0 radical (unpaired) electrons. The van der Waals surface area contributed by atoms with Crippen LogP contribution in [0.25, 0.3) is 5.69 Å². The number of amides is 2. The molecule has 4 rings (SSSR count). The lowest BCUT2D eigenvalue weighted by Gasteiger charge is -2.35. The minimum absolute atomic E-state index is 0.0950. The second-order valence-electron chi connectivity index (χ2n) is 6.63. The summed E-state index contributed by atoms with van der Waals surface area (Å²) >= 11 is 0. The Morgan fingerprint density at radius 1 is 0.963 bits per heavy atom. The first kappa shape index (κ1) is 17.1. The van der Waals surface area contributed by atoms with Crippen LogP contribution >= 0.6 is 0 Å². The Kier molecular flexibility index (Phi) is 4.75. The molecule has 1 atom stereocenters. The van der Waals surface area contributed by atoms with E-state index >= 15 is 0 Å². The smallest absolute Gasteiger partial charge is 0.254 e. The molecule has 1 N–H and O–H groups in total. The summed E-state index contributed by atoms with van der Waals surface area (Å²) in [7, 11) is 0.